The molecule has 0 saturated heterocycles. The van der Waals surface area contributed by atoms with Crippen LogP contribution in [-0.2, 0) is 0 Å². The van der Waals surface area contributed by atoms with Gasteiger partial charge in [0.25, 0.3) is 0 Å². The Balaban J connectivity index is 2.15. The Morgan fingerprint density at radius 3 is 2.85 bits per heavy atom. The average Bonchev–Trinajstić information content (AvgIpc) is 2.91. The summed E-state index contributed by atoms with van der Waals surface area (Å²) in [7, 11) is 0. The third-order valence-corrected chi connectivity index (χ3v) is 4.06. The van der Waals surface area contributed by atoms with Crippen molar-refractivity contribution in [3.8, 4) is 16.9 Å². The zero-order chi connectivity index (χ0) is 14.1. The number of benzene rings is 1. The highest BCUT2D eigenvalue weighted by Gasteiger charge is 2.10. The Bertz CT molecular complexity index is 764. The van der Waals surface area contributed by atoms with E-state index >= 15 is 0 Å². The number of imidazole rings is 1. The first-order valence-electron chi connectivity index (χ1n) is 6.16. The molecule has 0 atom stereocenters. The molecular weight excluding hydrogens is 316 g/mol. The molecule has 0 unspecified atom stereocenters. The molecule has 0 aliphatic carbocycles. The van der Waals surface area contributed by atoms with Crippen molar-refractivity contribution >= 4 is 21.7 Å². The first-order chi connectivity index (χ1) is 9.66. The van der Waals surface area contributed by atoms with E-state index in [-0.39, 0.29) is 0 Å². The van der Waals surface area contributed by atoms with E-state index in [9.17, 15) is 0 Å². The largest absolute Gasteiger partial charge is 0.383 e. The molecule has 3 rings (SSSR count). The van der Waals surface area contributed by atoms with Gasteiger partial charge in [0.15, 0.2) is 0 Å². The van der Waals surface area contributed by atoms with Gasteiger partial charge in [-0.05, 0) is 42.8 Å². The van der Waals surface area contributed by atoms with Gasteiger partial charge in [-0.15, -0.1) is 0 Å². The minimum Gasteiger partial charge on any atom is -0.383 e. The van der Waals surface area contributed by atoms with Crippen molar-refractivity contribution in [3.63, 3.8) is 0 Å². The van der Waals surface area contributed by atoms with Gasteiger partial charge in [-0.3, -0.25) is 4.57 Å². The molecule has 0 saturated carbocycles. The molecule has 0 amide bonds. The lowest BCUT2D eigenvalue weighted by atomic mass is 10.1. The summed E-state index contributed by atoms with van der Waals surface area (Å²) >= 11 is 3.51. The Morgan fingerprint density at radius 1 is 1.25 bits per heavy atom. The molecule has 100 valence electrons. The van der Waals surface area contributed by atoms with Crippen LogP contribution in [0, 0.1) is 6.92 Å². The third kappa shape index (κ3) is 2.20. The summed E-state index contributed by atoms with van der Waals surface area (Å²) in [5, 5.41) is 0. The molecule has 0 spiro atoms. The first-order valence-corrected chi connectivity index (χ1v) is 6.96. The van der Waals surface area contributed by atoms with Crippen LogP contribution in [0.25, 0.3) is 16.9 Å². The standard InChI is InChI=1S/C15H13BrN4/c1-10-7-11(4-5-13(10)16)20-9-18-8-14(20)12-3-2-6-19-15(12)17/h2-9H,1H3,(H2,17,19). The number of hydrogen-bond acceptors (Lipinski definition) is 3. The second-order valence-corrected chi connectivity index (χ2v) is 5.37. The molecule has 0 radical (unpaired) electrons. The third-order valence-electron chi connectivity index (χ3n) is 3.17. The summed E-state index contributed by atoms with van der Waals surface area (Å²) in [4.78, 5) is 8.37. The van der Waals surface area contributed by atoms with Gasteiger partial charge >= 0.3 is 0 Å². The maximum atomic E-state index is 5.95. The van der Waals surface area contributed by atoms with Crippen molar-refractivity contribution in [3.05, 3.63) is 59.1 Å². The SMILES string of the molecule is Cc1cc(-n2cncc2-c2cccnc2N)ccc1Br. The zero-order valence-electron chi connectivity index (χ0n) is 10.9. The maximum Gasteiger partial charge on any atom is 0.132 e. The number of hydrogen-bond donors (Lipinski definition) is 1. The van der Waals surface area contributed by atoms with E-state index in [0.29, 0.717) is 5.82 Å². The first kappa shape index (κ1) is 12.9. The fourth-order valence-corrected chi connectivity index (χ4v) is 2.36. The summed E-state index contributed by atoms with van der Waals surface area (Å²) in [6, 6.07) is 9.98. The Kier molecular flexibility index (Phi) is 3.28. The Hall–Kier alpha value is -2.14. The van der Waals surface area contributed by atoms with Gasteiger partial charge in [0.05, 0.1) is 18.2 Å². The number of anilines is 1. The topological polar surface area (TPSA) is 56.7 Å². The van der Waals surface area contributed by atoms with Crippen LogP contribution in [0.4, 0.5) is 5.82 Å². The van der Waals surface area contributed by atoms with Crippen LogP contribution in [0.15, 0.2) is 53.5 Å². The van der Waals surface area contributed by atoms with Crippen LogP contribution in [0.2, 0.25) is 0 Å². The number of rotatable bonds is 2. The summed E-state index contributed by atoms with van der Waals surface area (Å²) in [6.45, 7) is 2.06. The van der Waals surface area contributed by atoms with Gasteiger partial charge in [0.2, 0.25) is 0 Å². The van der Waals surface area contributed by atoms with Crippen molar-refractivity contribution in [1.82, 2.24) is 14.5 Å². The second kappa shape index (κ2) is 5.09. The molecule has 0 aliphatic rings. The number of halogens is 1. The number of aromatic nitrogens is 3. The summed E-state index contributed by atoms with van der Waals surface area (Å²) in [6.07, 6.45) is 5.26. The van der Waals surface area contributed by atoms with E-state index in [1.807, 2.05) is 28.8 Å². The molecule has 0 fully saturated rings. The van der Waals surface area contributed by atoms with Crippen molar-refractivity contribution < 1.29 is 0 Å². The molecule has 1 aromatic carbocycles. The van der Waals surface area contributed by atoms with E-state index in [4.69, 9.17) is 5.73 Å². The van der Waals surface area contributed by atoms with Crippen LogP contribution in [0.5, 0.6) is 0 Å². The highest BCUT2D eigenvalue weighted by Crippen LogP contribution is 2.27. The predicted molar refractivity (Wildman–Crippen MR) is 83.6 cm³/mol. The molecular formula is C15H13BrN4. The minimum absolute atomic E-state index is 0.503. The fourth-order valence-electron chi connectivity index (χ4n) is 2.11. The average molecular weight is 329 g/mol. The molecule has 0 aliphatic heterocycles. The van der Waals surface area contributed by atoms with E-state index in [0.717, 1.165) is 21.4 Å². The second-order valence-electron chi connectivity index (χ2n) is 4.52. The molecule has 5 heteroatoms. The zero-order valence-corrected chi connectivity index (χ0v) is 12.5. The van der Waals surface area contributed by atoms with Crippen molar-refractivity contribution in [2.45, 2.75) is 6.92 Å². The lowest BCUT2D eigenvalue weighted by Crippen LogP contribution is -1.99. The van der Waals surface area contributed by atoms with Gasteiger partial charge in [0, 0.05) is 21.9 Å². The summed E-state index contributed by atoms with van der Waals surface area (Å²) < 4.78 is 3.09. The highest BCUT2D eigenvalue weighted by molar-refractivity contribution is 9.10. The Morgan fingerprint density at radius 2 is 2.10 bits per heavy atom. The minimum atomic E-state index is 0.503. The van der Waals surface area contributed by atoms with Crippen molar-refractivity contribution in [2.75, 3.05) is 5.73 Å². The quantitative estimate of drug-likeness (QED) is 0.782. The number of nitrogens with zero attached hydrogens (tertiary/aromatic N) is 3. The van der Waals surface area contributed by atoms with Gasteiger partial charge in [0.1, 0.15) is 5.82 Å². The highest BCUT2D eigenvalue weighted by atomic mass is 79.9. The fraction of sp³-hybridized carbons (Fsp3) is 0.0667. The lowest BCUT2D eigenvalue weighted by Gasteiger charge is -2.11. The van der Waals surface area contributed by atoms with Gasteiger partial charge in [-0.25, -0.2) is 9.97 Å². The van der Waals surface area contributed by atoms with Gasteiger partial charge < -0.3 is 5.73 Å². The van der Waals surface area contributed by atoms with Crippen LogP contribution in [-0.4, -0.2) is 14.5 Å². The molecule has 0 bridgehead atoms. The summed E-state index contributed by atoms with van der Waals surface area (Å²) in [5.41, 5.74) is 9.97. The molecule has 3 aromatic rings. The van der Waals surface area contributed by atoms with Crippen molar-refractivity contribution in [2.24, 2.45) is 0 Å². The molecule has 20 heavy (non-hydrogen) atoms. The molecule has 2 heterocycles. The van der Waals surface area contributed by atoms with E-state index in [2.05, 4.69) is 38.9 Å². The number of pyridine rings is 1. The van der Waals surface area contributed by atoms with Crippen LogP contribution >= 0.6 is 15.9 Å². The Labute approximate surface area is 125 Å². The van der Waals surface area contributed by atoms with Crippen LogP contribution in [0.1, 0.15) is 5.56 Å². The lowest BCUT2D eigenvalue weighted by molar-refractivity contribution is 1.06. The normalized spacial score (nSPS) is 10.7. The monoisotopic (exact) mass is 328 g/mol. The number of nitrogen functional groups attached to an aromatic ring is 1. The predicted octanol–water partition coefficient (Wildman–Crippen LogP) is 3.59. The molecule has 2 aromatic heterocycles. The van der Waals surface area contributed by atoms with E-state index < -0.39 is 0 Å². The van der Waals surface area contributed by atoms with Gasteiger partial charge in [-0.1, -0.05) is 15.9 Å². The van der Waals surface area contributed by atoms with Crippen LogP contribution in [0.3, 0.4) is 0 Å². The van der Waals surface area contributed by atoms with Crippen LogP contribution < -0.4 is 5.73 Å². The number of aryl methyl sites for hydroxylation is 1. The smallest absolute Gasteiger partial charge is 0.132 e. The van der Waals surface area contributed by atoms with Crippen molar-refractivity contribution in [1.29, 1.82) is 0 Å². The van der Waals surface area contributed by atoms with E-state index in [1.165, 1.54) is 5.56 Å². The molecule has 4 nitrogen and oxygen atoms in total. The number of nitrogens with two attached hydrogens (primary N) is 1. The summed E-state index contributed by atoms with van der Waals surface area (Å²) in [5.74, 6) is 0.503. The molecule has 2 N–H and O–H groups in total. The van der Waals surface area contributed by atoms with Gasteiger partial charge in [-0.2, -0.15) is 0 Å². The van der Waals surface area contributed by atoms with E-state index in [1.54, 1.807) is 18.7 Å². The maximum absolute atomic E-state index is 5.95.